The number of ether oxygens (including phenoxy) is 1. The van der Waals surface area contributed by atoms with Crippen LogP contribution in [0.3, 0.4) is 0 Å². The van der Waals surface area contributed by atoms with Crippen LogP contribution in [0.25, 0.3) is 0 Å². The van der Waals surface area contributed by atoms with Crippen LogP contribution in [0, 0.1) is 0 Å². The summed E-state index contributed by atoms with van der Waals surface area (Å²) in [7, 11) is 0.178. The molecule has 0 saturated carbocycles. The number of nitrogens with one attached hydrogen (secondary N) is 1. The summed E-state index contributed by atoms with van der Waals surface area (Å²) in [6.07, 6.45) is 3.35. The van der Waals surface area contributed by atoms with Gasteiger partial charge in [0.2, 0.25) is 5.95 Å². The van der Waals surface area contributed by atoms with E-state index in [0.717, 1.165) is 11.3 Å². The van der Waals surface area contributed by atoms with Gasteiger partial charge in [0.1, 0.15) is 5.75 Å². The lowest BCUT2D eigenvalue weighted by Crippen LogP contribution is -2.37. The van der Waals surface area contributed by atoms with Gasteiger partial charge in [0.05, 0.1) is 24.2 Å². The van der Waals surface area contributed by atoms with Crippen molar-refractivity contribution >= 4 is 21.7 Å². The Morgan fingerprint density at radius 3 is 2.63 bits per heavy atom. The third-order valence-electron chi connectivity index (χ3n) is 4.60. The number of hydrogen-bond acceptors (Lipinski definition) is 7. The topological polar surface area (TPSA) is 101 Å². The van der Waals surface area contributed by atoms with Crippen LogP contribution in [0.5, 0.6) is 5.75 Å². The number of para-hydroxylation sites is 1. The maximum absolute atomic E-state index is 12.5. The molecule has 2 aromatic rings. The Bertz CT molecular complexity index is 915. The van der Waals surface area contributed by atoms with Gasteiger partial charge in [0, 0.05) is 37.6 Å². The van der Waals surface area contributed by atoms with Gasteiger partial charge in [0.15, 0.2) is 9.84 Å². The first kappa shape index (κ1) is 19.1. The summed E-state index contributed by atoms with van der Waals surface area (Å²) in [5.74, 6) is 1.01. The molecule has 144 valence electrons. The molecular weight excluding hydrogens is 368 g/mol. The number of anilines is 1. The Balaban J connectivity index is 1.62. The van der Waals surface area contributed by atoms with E-state index < -0.39 is 9.84 Å². The fourth-order valence-corrected chi connectivity index (χ4v) is 4.78. The van der Waals surface area contributed by atoms with Crippen LogP contribution >= 0.6 is 0 Å². The van der Waals surface area contributed by atoms with Crippen molar-refractivity contribution in [1.82, 2.24) is 14.9 Å². The number of hydrogen-bond donors (Lipinski definition) is 1. The minimum absolute atomic E-state index is 0.00858. The lowest BCUT2D eigenvalue weighted by Gasteiger charge is -2.23. The van der Waals surface area contributed by atoms with Crippen LogP contribution in [0.2, 0.25) is 0 Å². The molecule has 27 heavy (non-hydrogen) atoms. The largest absolute Gasteiger partial charge is 0.496 e. The number of rotatable bonds is 6. The fourth-order valence-electron chi connectivity index (χ4n) is 3.00. The van der Waals surface area contributed by atoms with Gasteiger partial charge in [-0.05, 0) is 12.5 Å². The summed E-state index contributed by atoms with van der Waals surface area (Å²) in [4.78, 5) is 22.4. The highest BCUT2D eigenvalue weighted by atomic mass is 32.2. The third kappa shape index (κ3) is 4.54. The average molecular weight is 390 g/mol. The molecule has 1 aliphatic heterocycles. The molecule has 1 saturated heterocycles. The van der Waals surface area contributed by atoms with Gasteiger partial charge in [-0.15, -0.1) is 0 Å². The summed E-state index contributed by atoms with van der Waals surface area (Å²) in [6.45, 7) is 0.483. The second-order valence-corrected chi connectivity index (χ2v) is 8.66. The predicted octanol–water partition coefficient (Wildman–Crippen LogP) is 1.36. The number of methoxy groups -OCH3 is 1. The van der Waals surface area contributed by atoms with Gasteiger partial charge in [-0.1, -0.05) is 18.2 Å². The van der Waals surface area contributed by atoms with Gasteiger partial charge in [-0.25, -0.2) is 18.4 Å². The summed E-state index contributed by atoms with van der Waals surface area (Å²) in [5, 5.41) is 3.09. The fraction of sp³-hybridized carbons (Fsp3) is 0.389. The number of benzene rings is 1. The van der Waals surface area contributed by atoms with Crippen LogP contribution < -0.4 is 10.1 Å². The molecule has 0 aliphatic carbocycles. The zero-order chi connectivity index (χ0) is 19.4. The number of amides is 1. The molecule has 1 N–H and O–H groups in total. The van der Waals surface area contributed by atoms with E-state index in [9.17, 15) is 13.2 Å². The molecular formula is C18H22N4O4S. The molecule has 9 heteroatoms. The number of carbonyl (C=O) groups is 1. The first-order valence-electron chi connectivity index (χ1n) is 8.55. The normalized spacial score (nSPS) is 18.1. The molecule has 1 atom stereocenters. The monoisotopic (exact) mass is 390 g/mol. The molecule has 3 rings (SSSR count). The maximum atomic E-state index is 12.5. The Labute approximate surface area is 158 Å². The van der Waals surface area contributed by atoms with Gasteiger partial charge in [-0.3, -0.25) is 4.79 Å². The Hall–Kier alpha value is -2.68. The Morgan fingerprint density at radius 1 is 1.30 bits per heavy atom. The van der Waals surface area contributed by atoms with Crippen LogP contribution in [-0.2, 0) is 16.4 Å². The predicted molar refractivity (Wildman–Crippen MR) is 102 cm³/mol. The highest BCUT2D eigenvalue weighted by Crippen LogP contribution is 2.19. The SMILES string of the molecule is COc1ccccc1CNc1ncc(C(=O)N(C)C2CCS(=O)(=O)C2)cn1. The van der Waals surface area contributed by atoms with Crippen molar-refractivity contribution in [3.63, 3.8) is 0 Å². The maximum Gasteiger partial charge on any atom is 0.257 e. The molecule has 1 aromatic heterocycles. The molecule has 1 aliphatic rings. The second-order valence-electron chi connectivity index (χ2n) is 6.43. The van der Waals surface area contributed by atoms with E-state index in [2.05, 4.69) is 15.3 Å². The molecule has 1 aromatic carbocycles. The van der Waals surface area contributed by atoms with Crippen molar-refractivity contribution in [2.24, 2.45) is 0 Å². The van der Waals surface area contributed by atoms with E-state index in [1.807, 2.05) is 24.3 Å². The molecule has 2 heterocycles. The Kier molecular flexibility index (Phi) is 5.59. The van der Waals surface area contributed by atoms with Gasteiger partial charge in [0.25, 0.3) is 5.91 Å². The lowest BCUT2D eigenvalue weighted by atomic mass is 10.2. The van der Waals surface area contributed by atoms with Crippen molar-refractivity contribution in [1.29, 1.82) is 0 Å². The van der Waals surface area contributed by atoms with E-state index in [0.29, 0.717) is 24.5 Å². The van der Waals surface area contributed by atoms with Gasteiger partial charge in [-0.2, -0.15) is 0 Å². The minimum atomic E-state index is -3.05. The van der Waals surface area contributed by atoms with E-state index in [1.54, 1.807) is 14.2 Å². The summed E-state index contributed by atoms with van der Waals surface area (Å²) >= 11 is 0. The van der Waals surface area contributed by atoms with E-state index in [-0.39, 0.29) is 23.5 Å². The van der Waals surface area contributed by atoms with Crippen molar-refractivity contribution in [2.45, 2.75) is 19.0 Å². The van der Waals surface area contributed by atoms with Crippen LogP contribution in [0.15, 0.2) is 36.7 Å². The van der Waals surface area contributed by atoms with E-state index >= 15 is 0 Å². The minimum Gasteiger partial charge on any atom is -0.496 e. The van der Waals surface area contributed by atoms with Gasteiger partial charge < -0.3 is 15.0 Å². The zero-order valence-corrected chi connectivity index (χ0v) is 16.1. The molecule has 1 unspecified atom stereocenters. The summed E-state index contributed by atoms with van der Waals surface area (Å²) in [5.41, 5.74) is 1.29. The highest BCUT2D eigenvalue weighted by Gasteiger charge is 2.33. The van der Waals surface area contributed by atoms with Crippen LogP contribution in [0.4, 0.5) is 5.95 Å². The molecule has 1 fully saturated rings. The highest BCUT2D eigenvalue weighted by molar-refractivity contribution is 7.91. The number of aromatic nitrogens is 2. The number of carbonyl (C=O) groups excluding carboxylic acids is 1. The molecule has 1 amide bonds. The zero-order valence-electron chi connectivity index (χ0n) is 15.3. The van der Waals surface area contributed by atoms with Crippen molar-refractivity contribution in [2.75, 3.05) is 31.0 Å². The van der Waals surface area contributed by atoms with E-state index in [1.165, 1.54) is 17.3 Å². The second kappa shape index (κ2) is 7.91. The van der Waals surface area contributed by atoms with Crippen molar-refractivity contribution < 1.29 is 17.9 Å². The molecule has 0 bridgehead atoms. The number of sulfone groups is 1. The third-order valence-corrected chi connectivity index (χ3v) is 6.36. The summed E-state index contributed by atoms with van der Waals surface area (Å²) in [6, 6.07) is 7.32. The molecule has 0 radical (unpaired) electrons. The Morgan fingerprint density at radius 2 is 2.00 bits per heavy atom. The lowest BCUT2D eigenvalue weighted by molar-refractivity contribution is 0.0747. The smallest absolute Gasteiger partial charge is 0.257 e. The molecule has 8 nitrogen and oxygen atoms in total. The average Bonchev–Trinajstić information content (AvgIpc) is 3.05. The van der Waals surface area contributed by atoms with Crippen molar-refractivity contribution in [3.8, 4) is 5.75 Å². The quantitative estimate of drug-likeness (QED) is 0.794. The molecule has 0 spiro atoms. The van der Waals surface area contributed by atoms with Gasteiger partial charge >= 0.3 is 0 Å². The van der Waals surface area contributed by atoms with Crippen LogP contribution in [0.1, 0.15) is 22.3 Å². The number of nitrogens with zero attached hydrogens (tertiary/aromatic N) is 3. The first-order valence-corrected chi connectivity index (χ1v) is 10.4. The van der Waals surface area contributed by atoms with Crippen LogP contribution in [-0.4, -0.2) is 60.9 Å². The van der Waals surface area contributed by atoms with E-state index in [4.69, 9.17) is 4.74 Å². The first-order chi connectivity index (χ1) is 12.9. The van der Waals surface area contributed by atoms with Crippen molar-refractivity contribution in [3.05, 3.63) is 47.8 Å². The standard InChI is InChI=1S/C18H22N4O4S/c1-22(15-7-8-27(24,25)12-15)17(23)14-10-20-18(21-11-14)19-9-13-5-3-4-6-16(13)26-2/h3-6,10-11,15H,7-9,12H2,1-2H3,(H,19,20,21). The summed E-state index contributed by atoms with van der Waals surface area (Å²) < 4.78 is 28.5.